The second-order valence-corrected chi connectivity index (χ2v) is 13.4. The third kappa shape index (κ3) is 2.00. The second-order valence-electron chi connectivity index (χ2n) is 6.37. The van der Waals surface area contributed by atoms with Crippen LogP contribution in [-0.4, -0.2) is 25.8 Å². The maximum absolute atomic E-state index is 14.3. The second kappa shape index (κ2) is 5.49. The van der Waals surface area contributed by atoms with Crippen LogP contribution in [0.1, 0.15) is 13.8 Å². The molecule has 116 valence electrons. The quantitative estimate of drug-likeness (QED) is 0.637. The molecule has 0 spiro atoms. The van der Waals surface area contributed by atoms with Crippen LogP contribution in [-0.2, 0) is 4.57 Å². The van der Waals surface area contributed by atoms with Crippen molar-refractivity contribution in [1.29, 1.82) is 0 Å². The first kappa shape index (κ1) is 15.7. The van der Waals surface area contributed by atoms with Crippen LogP contribution in [0.4, 0.5) is 0 Å². The number of benzene rings is 2. The normalized spacial score (nSPS) is 17.9. The summed E-state index contributed by atoms with van der Waals surface area (Å²) in [4.78, 5) is 0. The highest BCUT2D eigenvalue weighted by molar-refractivity contribution is 7.78. The average molecular weight is 329 g/mol. The van der Waals surface area contributed by atoms with Crippen LogP contribution >= 0.6 is 7.29 Å². The fraction of sp³-hybridized carbons (Fsp3) is 0.333. The molecule has 4 heteroatoms. The van der Waals surface area contributed by atoms with Crippen molar-refractivity contribution < 1.29 is 4.57 Å². The van der Waals surface area contributed by atoms with Gasteiger partial charge in [0.05, 0.1) is 0 Å². The number of hydrogen-bond donors (Lipinski definition) is 0. The largest absolute Gasteiger partial charge is 0.296 e. The summed E-state index contributed by atoms with van der Waals surface area (Å²) in [6.45, 7) is 10.6. The lowest BCUT2D eigenvalue weighted by atomic mass is 10.3. The lowest BCUT2D eigenvalue weighted by molar-refractivity contribution is 0.458. The maximum Gasteiger partial charge on any atom is 0.206 e. The third-order valence-corrected chi connectivity index (χ3v) is 12.4. The highest BCUT2D eigenvalue weighted by Crippen LogP contribution is 2.48. The summed E-state index contributed by atoms with van der Waals surface area (Å²) in [7, 11) is -4.51. The van der Waals surface area contributed by atoms with Gasteiger partial charge in [-0.2, -0.15) is 0 Å². The molecule has 0 unspecified atom stereocenters. The van der Waals surface area contributed by atoms with Crippen molar-refractivity contribution in [2.45, 2.75) is 26.9 Å². The molecule has 0 radical (unpaired) electrons. The molecule has 0 fully saturated rings. The molecule has 1 aliphatic rings. The van der Waals surface area contributed by atoms with E-state index in [-0.39, 0.29) is 0 Å². The lowest BCUT2D eigenvalue weighted by Crippen LogP contribution is -2.67. The van der Waals surface area contributed by atoms with Gasteiger partial charge in [-0.25, -0.2) is 4.67 Å². The van der Waals surface area contributed by atoms with E-state index in [0.717, 1.165) is 23.7 Å². The molecular formula is C18H24NOPSi. The first-order valence-electron chi connectivity index (χ1n) is 8.03. The zero-order chi connectivity index (χ0) is 16.0. The van der Waals surface area contributed by atoms with Crippen LogP contribution < -0.4 is 21.0 Å². The van der Waals surface area contributed by atoms with E-state index in [9.17, 15) is 4.57 Å². The van der Waals surface area contributed by atoms with Gasteiger partial charge in [0, 0.05) is 23.7 Å². The van der Waals surface area contributed by atoms with Crippen molar-refractivity contribution in [3.8, 4) is 0 Å². The topological polar surface area (TPSA) is 20.3 Å². The Hall–Kier alpha value is -1.15. The van der Waals surface area contributed by atoms with E-state index in [2.05, 4.69) is 68.0 Å². The first-order valence-corrected chi connectivity index (χ1v) is 12.7. The number of hydrogen-bond acceptors (Lipinski definition) is 1. The molecule has 22 heavy (non-hydrogen) atoms. The van der Waals surface area contributed by atoms with Crippen molar-refractivity contribution >= 4 is 36.3 Å². The third-order valence-electron chi connectivity index (χ3n) is 4.94. The first-order chi connectivity index (χ1) is 10.5. The van der Waals surface area contributed by atoms with Gasteiger partial charge < -0.3 is 0 Å². The lowest BCUT2D eigenvalue weighted by Gasteiger charge is -2.42. The molecule has 0 amide bonds. The minimum absolute atomic E-state index is 0.804. The molecule has 1 heterocycles. The van der Waals surface area contributed by atoms with E-state index < -0.39 is 15.4 Å². The molecule has 2 aromatic carbocycles. The number of rotatable bonds is 3. The van der Waals surface area contributed by atoms with E-state index in [1.807, 2.05) is 12.1 Å². The van der Waals surface area contributed by atoms with Crippen molar-refractivity contribution in [2.24, 2.45) is 0 Å². The highest BCUT2D eigenvalue weighted by Gasteiger charge is 2.46. The van der Waals surface area contributed by atoms with Crippen LogP contribution in [0.25, 0.3) is 0 Å². The Balaban J connectivity index is 2.41. The number of fused-ring (bicyclic) bond motifs is 2. The van der Waals surface area contributed by atoms with Gasteiger partial charge in [0.15, 0.2) is 0 Å². The zero-order valence-corrected chi connectivity index (χ0v) is 15.7. The predicted octanol–water partition coefficient (Wildman–Crippen LogP) is 2.39. The van der Waals surface area contributed by atoms with Crippen molar-refractivity contribution in [2.75, 3.05) is 13.1 Å². The van der Waals surface area contributed by atoms with Gasteiger partial charge in [-0.1, -0.05) is 63.3 Å². The van der Waals surface area contributed by atoms with E-state index >= 15 is 0 Å². The van der Waals surface area contributed by atoms with Gasteiger partial charge in [-0.3, -0.25) is 4.57 Å². The Labute approximate surface area is 134 Å². The fourth-order valence-corrected chi connectivity index (χ4v) is 12.1. The molecule has 0 bridgehead atoms. The minimum atomic E-state index is -2.72. The predicted molar refractivity (Wildman–Crippen MR) is 99.4 cm³/mol. The summed E-state index contributed by atoms with van der Waals surface area (Å²) in [6, 6.07) is 16.8. The van der Waals surface area contributed by atoms with Crippen molar-refractivity contribution in [3.05, 3.63) is 48.5 Å². The molecule has 0 aliphatic carbocycles. The summed E-state index contributed by atoms with van der Waals surface area (Å²) in [5, 5.41) is 4.83. The smallest absolute Gasteiger partial charge is 0.206 e. The van der Waals surface area contributed by atoms with E-state index in [0.29, 0.717) is 0 Å². The van der Waals surface area contributed by atoms with Gasteiger partial charge in [0.2, 0.25) is 7.29 Å². The number of nitrogens with zero attached hydrogens (tertiary/aromatic N) is 1. The SMILES string of the molecule is CCN(CC)P1(=O)c2ccccc2[Si](C)(C)c2ccccc21. The Morgan fingerprint density at radius 3 is 1.68 bits per heavy atom. The highest BCUT2D eigenvalue weighted by atomic mass is 31.2. The Morgan fingerprint density at radius 2 is 1.27 bits per heavy atom. The molecule has 0 saturated carbocycles. The average Bonchev–Trinajstić information content (AvgIpc) is 2.55. The maximum atomic E-state index is 14.3. The van der Waals surface area contributed by atoms with Gasteiger partial charge in [-0.05, 0) is 22.5 Å². The molecule has 0 N–H and O–H groups in total. The van der Waals surface area contributed by atoms with Gasteiger partial charge >= 0.3 is 0 Å². The Morgan fingerprint density at radius 1 is 0.864 bits per heavy atom. The summed E-state index contributed by atoms with van der Waals surface area (Å²) in [5.74, 6) is 0. The van der Waals surface area contributed by atoms with Gasteiger partial charge in [0.1, 0.15) is 8.07 Å². The molecule has 3 rings (SSSR count). The summed E-state index contributed by atoms with van der Waals surface area (Å²) >= 11 is 0. The minimum Gasteiger partial charge on any atom is -0.296 e. The van der Waals surface area contributed by atoms with E-state index in [1.165, 1.54) is 10.4 Å². The Kier molecular flexibility index (Phi) is 3.92. The van der Waals surface area contributed by atoms with E-state index in [4.69, 9.17) is 0 Å². The molecule has 1 aliphatic heterocycles. The Bertz CT molecular complexity index is 699. The standard InChI is InChI=1S/C18H24NOPSi/c1-5-19(6-2)21(20)15-11-7-9-13-17(15)22(3,4)18-14-10-8-12-16(18)21/h7-14H,5-6H2,1-4H3. The zero-order valence-electron chi connectivity index (χ0n) is 13.8. The molecule has 0 saturated heterocycles. The van der Waals surface area contributed by atoms with Gasteiger partial charge in [0.25, 0.3) is 0 Å². The van der Waals surface area contributed by atoms with Crippen LogP contribution in [0.3, 0.4) is 0 Å². The molecule has 2 nitrogen and oxygen atoms in total. The van der Waals surface area contributed by atoms with E-state index in [1.54, 1.807) is 0 Å². The van der Waals surface area contributed by atoms with Crippen LogP contribution in [0, 0.1) is 0 Å². The van der Waals surface area contributed by atoms with Crippen molar-refractivity contribution in [1.82, 2.24) is 4.67 Å². The fourth-order valence-electron chi connectivity index (χ4n) is 3.73. The monoisotopic (exact) mass is 329 g/mol. The van der Waals surface area contributed by atoms with Gasteiger partial charge in [-0.15, -0.1) is 0 Å². The molecular weight excluding hydrogens is 305 g/mol. The van der Waals surface area contributed by atoms with Crippen molar-refractivity contribution in [3.63, 3.8) is 0 Å². The molecule has 2 aromatic rings. The summed E-state index contributed by atoms with van der Waals surface area (Å²) in [5.41, 5.74) is 0. The van der Waals surface area contributed by atoms with Crippen LogP contribution in [0.15, 0.2) is 48.5 Å². The van der Waals surface area contributed by atoms with Crippen LogP contribution in [0.2, 0.25) is 13.1 Å². The molecule has 0 aromatic heterocycles. The summed E-state index contributed by atoms with van der Waals surface area (Å²) in [6.07, 6.45) is 0. The molecule has 0 atom stereocenters. The summed E-state index contributed by atoms with van der Waals surface area (Å²) < 4.78 is 16.4. The van der Waals surface area contributed by atoms with Crippen LogP contribution in [0.5, 0.6) is 0 Å².